The number of aliphatic hydroxyl groups is 2. The summed E-state index contributed by atoms with van der Waals surface area (Å²) in [5.41, 5.74) is -0.114. The van der Waals surface area contributed by atoms with E-state index in [9.17, 15) is 5.11 Å². The number of hydrogen-bond donors (Lipinski definition) is 2. The van der Waals surface area contributed by atoms with Gasteiger partial charge in [0, 0.05) is 6.42 Å². The molecular formula is C12H19NO3S. The van der Waals surface area contributed by atoms with Crippen LogP contribution in [0.4, 0.5) is 0 Å². The second-order valence-electron chi connectivity index (χ2n) is 4.35. The van der Waals surface area contributed by atoms with E-state index in [-0.39, 0.29) is 24.2 Å². The summed E-state index contributed by atoms with van der Waals surface area (Å²) < 4.78 is 5.69. The summed E-state index contributed by atoms with van der Waals surface area (Å²) in [6, 6.07) is -0.150. The number of fused-ring (bicyclic) bond motifs is 1. The molecule has 0 amide bonds. The van der Waals surface area contributed by atoms with Crippen molar-refractivity contribution in [3.63, 3.8) is 0 Å². The van der Waals surface area contributed by atoms with Crippen molar-refractivity contribution < 1.29 is 14.9 Å². The molecule has 0 bridgehead atoms. The number of ether oxygens (including phenoxy) is 1. The molecule has 0 spiro atoms. The van der Waals surface area contributed by atoms with Gasteiger partial charge in [0.05, 0.1) is 23.9 Å². The molecule has 0 aromatic heterocycles. The topological polar surface area (TPSA) is 62.1 Å². The summed E-state index contributed by atoms with van der Waals surface area (Å²) in [4.78, 5) is 4.52. The summed E-state index contributed by atoms with van der Waals surface area (Å²) in [6.07, 6.45) is 5.76. The Morgan fingerprint density at radius 3 is 3.12 bits per heavy atom. The van der Waals surface area contributed by atoms with Gasteiger partial charge in [-0.25, -0.2) is 0 Å². The van der Waals surface area contributed by atoms with Crippen molar-refractivity contribution in [2.24, 2.45) is 4.99 Å². The quantitative estimate of drug-likeness (QED) is 0.746. The maximum absolute atomic E-state index is 9.94. The number of aliphatic hydroxyl groups excluding tert-OH is 2. The Morgan fingerprint density at radius 2 is 2.41 bits per heavy atom. The zero-order valence-corrected chi connectivity index (χ0v) is 10.8. The van der Waals surface area contributed by atoms with E-state index < -0.39 is 6.10 Å². The summed E-state index contributed by atoms with van der Waals surface area (Å²) >= 11 is 1.59. The van der Waals surface area contributed by atoms with Gasteiger partial charge in [-0.3, -0.25) is 4.99 Å². The van der Waals surface area contributed by atoms with Crippen molar-refractivity contribution in [1.82, 2.24) is 0 Å². The lowest BCUT2D eigenvalue weighted by Crippen LogP contribution is -2.45. The lowest BCUT2D eigenvalue weighted by atomic mass is 10.0. The number of rotatable bonds is 4. The van der Waals surface area contributed by atoms with E-state index in [1.807, 2.05) is 13.0 Å². The van der Waals surface area contributed by atoms with Crippen molar-refractivity contribution in [3.8, 4) is 0 Å². The Balaban J connectivity index is 1.92. The Morgan fingerprint density at radius 1 is 1.59 bits per heavy atom. The molecule has 2 aliphatic rings. The fourth-order valence-electron chi connectivity index (χ4n) is 2.11. The number of nitrogens with zero attached hydrogens (tertiary/aromatic N) is 1. The molecule has 4 unspecified atom stereocenters. The third-order valence-electron chi connectivity index (χ3n) is 3.01. The Kier molecular flexibility index (Phi) is 4.62. The van der Waals surface area contributed by atoms with Crippen LogP contribution in [0.25, 0.3) is 0 Å². The largest absolute Gasteiger partial charge is 0.394 e. The van der Waals surface area contributed by atoms with E-state index in [0.29, 0.717) is 6.42 Å². The van der Waals surface area contributed by atoms with Gasteiger partial charge in [0.2, 0.25) is 0 Å². The maximum Gasteiger partial charge on any atom is 0.134 e. The number of allylic oxidation sites excluding steroid dienone is 2. The van der Waals surface area contributed by atoms with Gasteiger partial charge in [-0.15, -0.1) is 0 Å². The van der Waals surface area contributed by atoms with Gasteiger partial charge in [-0.2, -0.15) is 0 Å². The van der Waals surface area contributed by atoms with Gasteiger partial charge < -0.3 is 14.9 Å². The molecule has 4 nitrogen and oxygen atoms in total. The van der Waals surface area contributed by atoms with Crippen LogP contribution in [0.1, 0.15) is 26.2 Å². The van der Waals surface area contributed by atoms with Crippen molar-refractivity contribution in [1.29, 1.82) is 0 Å². The molecule has 2 heterocycles. The average Bonchev–Trinajstić information content (AvgIpc) is 2.72. The van der Waals surface area contributed by atoms with Gasteiger partial charge in [-0.05, 0) is 19.8 Å². The van der Waals surface area contributed by atoms with E-state index in [0.717, 1.165) is 17.9 Å². The predicted octanol–water partition coefficient (Wildman–Crippen LogP) is 1.32. The highest BCUT2D eigenvalue weighted by molar-refractivity contribution is 8.14. The summed E-state index contributed by atoms with van der Waals surface area (Å²) in [7, 11) is 0. The minimum atomic E-state index is -0.488. The molecule has 96 valence electrons. The van der Waals surface area contributed by atoms with Crippen LogP contribution in [0.2, 0.25) is 0 Å². The van der Waals surface area contributed by atoms with Gasteiger partial charge in [0.15, 0.2) is 0 Å². The molecule has 2 aliphatic heterocycles. The van der Waals surface area contributed by atoms with E-state index in [1.165, 1.54) is 0 Å². The van der Waals surface area contributed by atoms with Crippen LogP contribution in [-0.4, -0.2) is 45.5 Å². The third kappa shape index (κ3) is 3.10. The smallest absolute Gasteiger partial charge is 0.134 e. The highest BCUT2D eigenvalue weighted by atomic mass is 32.2. The highest BCUT2D eigenvalue weighted by Gasteiger charge is 2.42. The molecule has 1 saturated heterocycles. The second kappa shape index (κ2) is 6.00. The summed E-state index contributed by atoms with van der Waals surface area (Å²) in [5.74, 6) is 0. The van der Waals surface area contributed by atoms with Crippen molar-refractivity contribution in [3.05, 3.63) is 12.2 Å². The molecule has 0 saturated carbocycles. The monoisotopic (exact) mass is 257 g/mol. The van der Waals surface area contributed by atoms with E-state index >= 15 is 0 Å². The molecular weight excluding hydrogens is 238 g/mol. The molecule has 17 heavy (non-hydrogen) atoms. The molecule has 0 radical (unpaired) electrons. The lowest BCUT2D eigenvalue weighted by molar-refractivity contribution is -0.0875. The first-order valence-electron chi connectivity index (χ1n) is 6.03. The number of aliphatic imine (C=N–C) groups is 1. The minimum Gasteiger partial charge on any atom is -0.394 e. The molecule has 0 aromatic rings. The van der Waals surface area contributed by atoms with Crippen molar-refractivity contribution in [2.45, 2.75) is 49.9 Å². The van der Waals surface area contributed by atoms with Crippen LogP contribution >= 0.6 is 11.8 Å². The SMILES string of the molecule is C/C=C/CCC1=NC2C(O)CC(CO)OC2S1. The average molecular weight is 257 g/mol. The Bertz CT molecular complexity index is 319. The minimum absolute atomic E-state index is 0.0330. The van der Waals surface area contributed by atoms with Crippen LogP contribution in [0.15, 0.2) is 17.1 Å². The van der Waals surface area contributed by atoms with Crippen LogP contribution in [-0.2, 0) is 4.74 Å². The number of hydrogen-bond acceptors (Lipinski definition) is 5. The normalized spacial score (nSPS) is 37.2. The molecule has 2 N–H and O–H groups in total. The van der Waals surface area contributed by atoms with E-state index in [4.69, 9.17) is 9.84 Å². The third-order valence-corrected chi connectivity index (χ3v) is 4.22. The molecule has 4 atom stereocenters. The first kappa shape index (κ1) is 13.1. The second-order valence-corrected chi connectivity index (χ2v) is 5.52. The zero-order valence-electron chi connectivity index (χ0n) is 9.95. The van der Waals surface area contributed by atoms with E-state index in [1.54, 1.807) is 11.8 Å². The van der Waals surface area contributed by atoms with Crippen molar-refractivity contribution >= 4 is 16.8 Å². The van der Waals surface area contributed by atoms with Crippen LogP contribution in [0, 0.1) is 0 Å². The van der Waals surface area contributed by atoms with Crippen LogP contribution in [0.3, 0.4) is 0 Å². The predicted molar refractivity (Wildman–Crippen MR) is 69.2 cm³/mol. The fraction of sp³-hybridized carbons (Fsp3) is 0.750. The van der Waals surface area contributed by atoms with Crippen LogP contribution in [0.5, 0.6) is 0 Å². The van der Waals surface area contributed by atoms with Crippen LogP contribution < -0.4 is 0 Å². The number of thioether (sulfide) groups is 1. The molecule has 0 aromatic carbocycles. The molecule has 0 aliphatic carbocycles. The molecule has 5 heteroatoms. The highest BCUT2D eigenvalue weighted by Crippen LogP contribution is 2.37. The zero-order chi connectivity index (χ0) is 12.3. The summed E-state index contributed by atoms with van der Waals surface area (Å²) in [6.45, 7) is 1.97. The van der Waals surface area contributed by atoms with Crippen molar-refractivity contribution in [2.75, 3.05) is 6.61 Å². The first-order chi connectivity index (χ1) is 8.24. The van der Waals surface area contributed by atoms with Gasteiger partial charge in [0.1, 0.15) is 11.5 Å². The van der Waals surface area contributed by atoms with Gasteiger partial charge in [0.25, 0.3) is 0 Å². The van der Waals surface area contributed by atoms with Gasteiger partial charge in [-0.1, -0.05) is 23.9 Å². The van der Waals surface area contributed by atoms with E-state index in [2.05, 4.69) is 11.1 Å². The Hall–Kier alpha value is -0.360. The summed E-state index contributed by atoms with van der Waals surface area (Å²) in [5, 5.41) is 20.1. The standard InChI is InChI=1S/C12H19NO3S/c1-2-3-4-5-10-13-11-9(15)6-8(7-14)16-12(11)17-10/h2-3,8-9,11-12,14-15H,4-7H2,1H3/b3-2+. The fourth-order valence-corrected chi connectivity index (χ4v) is 3.39. The first-order valence-corrected chi connectivity index (χ1v) is 6.91. The maximum atomic E-state index is 9.94. The lowest BCUT2D eigenvalue weighted by Gasteiger charge is -2.33. The molecule has 1 fully saturated rings. The molecule has 2 rings (SSSR count). The Labute approximate surface area is 106 Å². The van der Waals surface area contributed by atoms with Gasteiger partial charge >= 0.3 is 0 Å².